The number of esters is 1. The van der Waals surface area contributed by atoms with E-state index < -0.39 is 0 Å². The standard InChI is InChI=1S/C25H36N2O3S/c1-4-30-24(29)22-19-6-5-15(2)7-20(19)31-23(22)26-21(28)14-27(3)25-11-16-8-17(12-25)10-18(9-16)13-25/h15-18H,4-14H2,1-3H3,(H,26,28). The molecule has 1 amide bonds. The summed E-state index contributed by atoms with van der Waals surface area (Å²) in [7, 11) is 2.14. The van der Waals surface area contributed by atoms with Gasteiger partial charge >= 0.3 is 5.97 Å². The minimum absolute atomic E-state index is 0.00422. The summed E-state index contributed by atoms with van der Waals surface area (Å²) in [6.45, 7) is 4.83. The Bertz CT molecular complexity index is 841. The molecule has 4 fully saturated rings. The first-order chi connectivity index (χ1) is 14.9. The van der Waals surface area contributed by atoms with E-state index in [1.807, 2.05) is 6.92 Å². The molecule has 1 aromatic rings. The van der Waals surface area contributed by atoms with E-state index in [0.29, 0.717) is 29.6 Å². The van der Waals surface area contributed by atoms with Gasteiger partial charge in [0.25, 0.3) is 0 Å². The number of nitrogens with zero attached hydrogens (tertiary/aromatic N) is 1. The van der Waals surface area contributed by atoms with Crippen LogP contribution in [0.25, 0.3) is 0 Å². The Balaban J connectivity index is 1.32. The summed E-state index contributed by atoms with van der Waals surface area (Å²) in [4.78, 5) is 29.4. The van der Waals surface area contributed by atoms with Gasteiger partial charge in [-0.05, 0) is 101 Å². The zero-order chi connectivity index (χ0) is 21.8. The Kier molecular flexibility index (Phi) is 5.66. The van der Waals surface area contributed by atoms with E-state index in [1.54, 1.807) is 11.3 Å². The highest BCUT2D eigenvalue weighted by atomic mass is 32.1. The predicted octanol–water partition coefficient (Wildman–Crippen LogP) is 4.89. The molecule has 1 heterocycles. The molecule has 1 unspecified atom stereocenters. The number of thiophene rings is 1. The van der Waals surface area contributed by atoms with E-state index in [2.05, 4.69) is 24.2 Å². The van der Waals surface area contributed by atoms with E-state index in [1.165, 1.54) is 43.4 Å². The predicted molar refractivity (Wildman–Crippen MR) is 124 cm³/mol. The largest absolute Gasteiger partial charge is 0.462 e. The first-order valence-electron chi connectivity index (χ1n) is 12.2. The molecule has 0 saturated heterocycles. The number of amides is 1. The number of carbonyl (C=O) groups excluding carboxylic acids is 2. The highest BCUT2D eigenvalue weighted by Crippen LogP contribution is 2.57. The summed E-state index contributed by atoms with van der Waals surface area (Å²) >= 11 is 1.58. The summed E-state index contributed by atoms with van der Waals surface area (Å²) in [5, 5.41) is 3.82. The lowest BCUT2D eigenvalue weighted by atomic mass is 9.52. The van der Waals surface area contributed by atoms with E-state index in [9.17, 15) is 9.59 Å². The molecular formula is C25H36N2O3S. The summed E-state index contributed by atoms with van der Waals surface area (Å²) in [5.41, 5.74) is 1.92. The highest BCUT2D eigenvalue weighted by Gasteiger charge is 2.52. The number of ether oxygens (including phenoxy) is 1. The first-order valence-corrected chi connectivity index (χ1v) is 13.0. The third-order valence-electron chi connectivity index (χ3n) is 8.44. The van der Waals surface area contributed by atoms with Crippen molar-refractivity contribution in [1.82, 2.24) is 4.90 Å². The number of fused-ring (bicyclic) bond motifs is 1. The van der Waals surface area contributed by atoms with Gasteiger partial charge in [0, 0.05) is 10.4 Å². The van der Waals surface area contributed by atoms with E-state index in [4.69, 9.17) is 4.74 Å². The molecule has 1 aromatic heterocycles. The van der Waals surface area contributed by atoms with Crippen molar-refractivity contribution in [1.29, 1.82) is 0 Å². The second kappa shape index (κ2) is 8.18. The lowest BCUT2D eigenvalue weighted by Crippen LogP contribution is -2.59. The van der Waals surface area contributed by atoms with Crippen molar-refractivity contribution in [2.45, 2.75) is 77.2 Å². The third kappa shape index (κ3) is 3.95. The number of hydrogen-bond donors (Lipinski definition) is 1. The van der Waals surface area contributed by atoms with Gasteiger partial charge in [-0.2, -0.15) is 0 Å². The van der Waals surface area contributed by atoms with Crippen molar-refractivity contribution in [2.24, 2.45) is 23.7 Å². The molecule has 5 aliphatic carbocycles. The average molecular weight is 445 g/mol. The van der Waals surface area contributed by atoms with Gasteiger partial charge in [-0.3, -0.25) is 9.69 Å². The maximum atomic E-state index is 13.1. The lowest BCUT2D eigenvalue weighted by Gasteiger charge is -2.59. The molecule has 4 bridgehead atoms. The zero-order valence-electron chi connectivity index (χ0n) is 19.2. The molecule has 0 aliphatic heterocycles. The molecule has 0 radical (unpaired) electrons. The SMILES string of the molecule is CCOC(=O)c1c(NC(=O)CN(C)C23CC4CC(CC(C4)C2)C3)sc2c1CCC(C)C2. The normalized spacial score (nSPS) is 33.4. The molecule has 4 saturated carbocycles. The van der Waals surface area contributed by atoms with Gasteiger partial charge in [-0.15, -0.1) is 11.3 Å². The third-order valence-corrected chi connectivity index (χ3v) is 9.61. The molecule has 5 nitrogen and oxygen atoms in total. The van der Waals surface area contributed by atoms with Crippen molar-refractivity contribution in [2.75, 3.05) is 25.5 Å². The number of hydrogen-bond acceptors (Lipinski definition) is 5. The summed E-state index contributed by atoms with van der Waals surface area (Å²) in [6.07, 6.45) is 10.9. The van der Waals surface area contributed by atoms with Crippen LogP contribution in [0.4, 0.5) is 5.00 Å². The Hall–Kier alpha value is -1.40. The summed E-state index contributed by atoms with van der Waals surface area (Å²) in [6, 6.07) is 0. The van der Waals surface area contributed by atoms with Gasteiger partial charge in [0.2, 0.25) is 5.91 Å². The van der Waals surface area contributed by atoms with E-state index in [0.717, 1.165) is 42.6 Å². The van der Waals surface area contributed by atoms with Crippen LogP contribution >= 0.6 is 11.3 Å². The first kappa shape index (κ1) is 21.4. The van der Waals surface area contributed by atoms with Crippen LogP contribution in [-0.2, 0) is 22.4 Å². The molecule has 0 spiro atoms. The lowest BCUT2D eigenvalue weighted by molar-refractivity contribution is -0.123. The fraction of sp³-hybridized carbons (Fsp3) is 0.760. The van der Waals surface area contributed by atoms with Crippen LogP contribution in [0.3, 0.4) is 0 Å². The van der Waals surface area contributed by atoms with Gasteiger partial charge in [-0.25, -0.2) is 4.79 Å². The van der Waals surface area contributed by atoms with E-state index >= 15 is 0 Å². The zero-order valence-corrected chi connectivity index (χ0v) is 20.0. The number of rotatable bonds is 6. The molecular weight excluding hydrogens is 408 g/mol. The van der Waals surface area contributed by atoms with Crippen LogP contribution in [0.1, 0.15) is 79.6 Å². The second-order valence-electron chi connectivity index (χ2n) is 10.8. The quantitative estimate of drug-likeness (QED) is 0.635. The minimum Gasteiger partial charge on any atom is -0.462 e. The Labute approximate surface area is 189 Å². The number of carbonyl (C=O) groups is 2. The van der Waals surface area contributed by atoms with Gasteiger partial charge < -0.3 is 10.1 Å². The van der Waals surface area contributed by atoms with Crippen LogP contribution < -0.4 is 5.32 Å². The molecule has 6 rings (SSSR count). The van der Waals surface area contributed by atoms with Crippen molar-refractivity contribution >= 4 is 28.2 Å². The molecule has 6 heteroatoms. The van der Waals surface area contributed by atoms with Crippen molar-refractivity contribution in [3.8, 4) is 0 Å². The Morgan fingerprint density at radius 2 is 1.81 bits per heavy atom. The van der Waals surface area contributed by atoms with Crippen LogP contribution in [0.15, 0.2) is 0 Å². The fourth-order valence-corrected chi connectivity index (χ4v) is 8.75. The number of nitrogens with one attached hydrogen (secondary N) is 1. The molecule has 0 aromatic carbocycles. The van der Waals surface area contributed by atoms with Crippen LogP contribution in [0, 0.1) is 23.7 Å². The van der Waals surface area contributed by atoms with Crippen molar-refractivity contribution < 1.29 is 14.3 Å². The van der Waals surface area contributed by atoms with Gasteiger partial charge in [0.05, 0.1) is 18.7 Å². The van der Waals surface area contributed by atoms with Crippen molar-refractivity contribution in [3.05, 3.63) is 16.0 Å². The Morgan fingerprint density at radius 1 is 1.16 bits per heavy atom. The van der Waals surface area contributed by atoms with Gasteiger partial charge in [0.1, 0.15) is 5.00 Å². The highest BCUT2D eigenvalue weighted by molar-refractivity contribution is 7.17. The fourth-order valence-electron chi connectivity index (χ4n) is 7.34. The maximum Gasteiger partial charge on any atom is 0.341 e. The molecule has 1 atom stereocenters. The number of likely N-dealkylation sites (N-methyl/N-ethyl adjacent to an activating group) is 1. The molecule has 31 heavy (non-hydrogen) atoms. The minimum atomic E-state index is -0.292. The molecule has 170 valence electrons. The molecule has 5 aliphatic rings. The van der Waals surface area contributed by atoms with E-state index in [-0.39, 0.29) is 17.4 Å². The summed E-state index contributed by atoms with van der Waals surface area (Å²) in [5.74, 6) is 2.90. The second-order valence-corrected chi connectivity index (χ2v) is 11.9. The smallest absolute Gasteiger partial charge is 0.341 e. The summed E-state index contributed by atoms with van der Waals surface area (Å²) < 4.78 is 5.35. The topological polar surface area (TPSA) is 58.6 Å². The van der Waals surface area contributed by atoms with Crippen LogP contribution in [0.2, 0.25) is 0 Å². The van der Waals surface area contributed by atoms with Crippen LogP contribution in [-0.4, -0.2) is 42.5 Å². The average Bonchev–Trinajstić information content (AvgIpc) is 3.03. The number of anilines is 1. The van der Waals surface area contributed by atoms with Gasteiger partial charge in [0.15, 0.2) is 0 Å². The van der Waals surface area contributed by atoms with Crippen molar-refractivity contribution in [3.63, 3.8) is 0 Å². The monoisotopic (exact) mass is 444 g/mol. The van der Waals surface area contributed by atoms with Crippen LogP contribution in [0.5, 0.6) is 0 Å². The van der Waals surface area contributed by atoms with Gasteiger partial charge in [-0.1, -0.05) is 6.92 Å². The molecule has 1 N–H and O–H groups in total. The Morgan fingerprint density at radius 3 is 2.42 bits per heavy atom. The maximum absolute atomic E-state index is 13.1.